The van der Waals surface area contributed by atoms with Gasteiger partial charge in [-0.15, -0.1) is 0 Å². The average molecular weight is 408 g/mol. The van der Waals surface area contributed by atoms with E-state index in [2.05, 4.69) is 37.3 Å². The van der Waals surface area contributed by atoms with E-state index in [9.17, 15) is 9.59 Å². The summed E-state index contributed by atoms with van der Waals surface area (Å²) in [5.74, 6) is -0.682. The Kier molecular flexibility index (Phi) is 8.85. The summed E-state index contributed by atoms with van der Waals surface area (Å²) < 4.78 is 5.14. The smallest absolute Gasteiger partial charge is 0.321 e. The van der Waals surface area contributed by atoms with E-state index in [1.807, 2.05) is 36.4 Å². The van der Waals surface area contributed by atoms with Crippen molar-refractivity contribution in [3.63, 3.8) is 0 Å². The van der Waals surface area contributed by atoms with Crippen molar-refractivity contribution in [1.29, 1.82) is 0 Å². The summed E-state index contributed by atoms with van der Waals surface area (Å²) in [6.07, 6.45) is 3.93. The van der Waals surface area contributed by atoms with Gasteiger partial charge in [0.1, 0.15) is 5.41 Å². The van der Waals surface area contributed by atoms with Crippen LogP contribution in [0.1, 0.15) is 51.7 Å². The highest BCUT2D eigenvalue weighted by Crippen LogP contribution is 2.25. The molecule has 0 unspecified atom stereocenters. The fourth-order valence-electron chi connectivity index (χ4n) is 3.26. The number of carbonyl (C=O) groups excluding carboxylic acids is 2. The maximum Gasteiger partial charge on any atom is 0.321 e. The molecule has 0 heterocycles. The quantitative estimate of drug-likeness (QED) is 0.395. The van der Waals surface area contributed by atoms with E-state index in [1.165, 1.54) is 0 Å². The van der Waals surface area contributed by atoms with Gasteiger partial charge in [-0.05, 0) is 43.9 Å². The van der Waals surface area contributed by atoms with E-state index in [1.54, 1.807) is 25.7 Å². The highest BCUT2D eigenvalue weighted by atomic mass is 16.5. The molecule has 0 atom stereocenters. The molecule has 1 amide bonds. The summed E-state index contributed by atoms with van der Waals surface area (Å²) in [7, 11) is 0. The molecule has 0 bridgehead atoms. The molecule has 160 valence electrons. The second-order valence-corrected chi connectivity index (χ2v) is 7.80. The summed E-state index contributed by atoms with van der Waals surface area (Å²) >= 11 is 0. The highest BCUT2D eigenvalue weighted by molar-refractivity contribution is 6.02. The number of unbranched alkanes of at least 4 members (excludes halogenated alkanes) is 1. The molecule has 0 aliphatic rings. The second-order valence-electron chi connectivity index (χ2n) is 7.80. The van der Waals surface area contributed by atoms with Crippen LogP contribution in [-0.2, 0) is 14.3 Å². The molecular weight excluding hydrogens is 374 g/mol. The number of nitrogens with zero attached hydrogens (tertiary/aromatic N) is 1. The Morgan fingerprint density at radius 1 is 0.933 bits per heavy atom. The first-order valence-corrected chi connectivity index (χ1v) is 10.7. The molecule has 0 saturated carbocycles. The molecule has 2 aromatic carbocycles. The SMILES string of the molecule is CCCCN(CC=C(c1ccccc1)c1ccccc1)C(=O)C(C)(C)C(=O)OCC. The third-order valence-corrected chi connectivity index (χ3v) is 5.07. The average Bonchev–Trinajstić information content (AvgIpc) is 2.77. The van der Waals surface area contributed by atoms with E-state index in [0.717, 1.165) is 29.5 Å². The number of ether oxygens (including phenoxy) is 1. The number of rotatable bonds is 10. The van der Waals surface area contributed by atoms with Crippen LogP contribution in [0.2, 0.25) is 0 Å². The Balaban J connectivity index is 2.36. The van der Waals surface area contributed by atoms with Crippen molar-refractivity contribution in [2.75, 3.05) is 19.7 Å². The van der Waals surface area contributed by atoms with Gasteiger partial charge in [-0.1, -0.05) is 80.1 Å². The van der Waals surface area contributed by atoms with Gasteiger partial charge >= 0.3 is 5.97 Å². The minimum atomic E-state index is -1.21. The first-order valence-electron chi connectivity index (χ1n) is 10.7. The molecule has 0 aromatic heterocycles. The Morgan fingerprint density at radius 3 is 1.93 bits per heavy atom. The summed E-state index contributed by atoms with van der Waals surface area (Å²) in [5.41, 5.74) is 2.05. The Morgan fingerprint density at radius 2 is 1.47 bits per heavy atom. The number of carbonyl (C=O) groups is 2. The first kappa shape index (κ1) is 23.4. The Bertz CT molecular complexity index is 800. The summed E-state index contributed by atoms with van der Waals surface area (Å²) in [6.45, 7) is 8.43. The van der Waals surface area contributed by atoms with E-state index in [4.69, 9.17) is 4.74 Å². The van der Waals surface area contributed by atoms with Gasteiger partial charge in [-0.3, -0.25) is 9.59 Å². The minimum absolute atomic E-state index is 0.203. The Hall–Kier alpha value is -2.88. The van der Waals surface area contributed by atoms with Gasteiger partial charge < -0.3 is 9.64 Å². The van der Waals surface area contributed by atoms with Crippen molar-refractivity contribution in [2.24, 2.45) is 5.41 Å². The first-order chi connectivity index (χ1) is 14.4. The lowest BCUT2D eigenvalue weighted by molar-refractivity contribution is -0.162. The number of hydrogen-bond acceptors (Lipinski definition) is 3. The molecule has 0 fully saturated rings. The summed E-state index contributed by atoms with van der Waals surface area (Å²) in [5, 5.41) is 0. The van der Waals surface area contributed by atoms with Gasteiger partial charge in [0.2, 0.25) is 5.91 Å². The molecule has 0 N–H and O–H groups in total. The van der Waals surface area contributed by atoms with Crippen molar-refractivity contribution in [2.45, 2.75) is 40.5 Å². The lowest BCUT2D eigenvalue weighted by Gasteiger charge is -2.30. The maximum atomic E-state index is 13.3. The molecular formula is C26H33NO3. The van der Waals surface area contributed by atoms with Crippen LogP contribution in [-0.4, -0.2) is 36.5 Å². The van der Waals surface area contributed by atoms with Crippen molar-refractivity contribution >= 4 is 17.4 Å². The molecule has 0 spiro atoms. The van der Waals surface area contributed by atoms with E-state index in [0.29, 0.717) is 13.1 Å². The molecule has 0 aliphatic heterocycles. The number of benzene rings is 2. The van der Waals surface area contributed by atoms with Crippen LogP contribution < -0.4 is 0 Å². The maximum absolute atomic E-state index is 13.3. The molecule has 0 saturated heterocycles. The van der Waals surface area contributed by atoms with Crippen LogP contribution in [0.3, 0.4) is 0 Å². The fraction of sp³-hybridized carbons (Fsp3) is 0.385. The van der Waals surface area contributed by atoms with Crippen LogP contribution in [0.5, 0.6) is 0 Å². The topological polar surface area (TPSA) is 46.6 Å². The molecule has 4 nitrogen and oxygen atoms in total. The number of amides is 1. The van der Waals surface area contributed by atoms with Gasteiger partial charge in [0, 0.05) is 13.1 Å². The highest BCUT2D eigenvalue weighted by Gasteiger charge is 2.40. The molecule has 30 heavy (non-hydrogen) atoms. The summed E-state index contributed by atoms with van der Waals surface area (Å²) in [6, 6.07) is 20.3. The zero-order chi connectivity index (χ0) is 22.0. The van der Waals surface area contributed by atoms with Gasteiger partial charge in [0.25, 0.3) is 0 Å². The van der Waals surface area contributed by atoms with Gasteiger partial charge in [0.15, 0.2) is 0 Å². The zero-order valence-corrected chi connectivity index (χ0v) is 18.6. The lowest BCUT2D eigenvalue weighted by atomic mass is 9.91. The zero-order valence-electron chi connectivity index (χ0n) is 18.6. The minimum Gasteiger partial charge on any atom is -0.465 e. The summed E-state index contributed by atoms with van der Waals surface area (Å²) in [4.78, 5) is 27.4. The van der Waals surface area contributed by atoms with Crippen molar-refractivity contribution in [3.8, 4) is 0 Å². The largest absolute Gasteiger partial charge is 0.465 e. The van der Waals surface area contributed by atoms with Crippen LogP contribution in [0.15, 0.2) is 66.7 Å². The van der Waals surface area contributed by atoms with E-state index in [-0.39, 0.29) is 12.5 Å². The van der Waals surface area contributed by atoms with Crippen molar-refractivity contribution in [1.82, 2.24) is 4.90 Å². The Labute approximate surface area is 180 Å². The molecule has 0 aliphatic carbocycles. The lowest BCUT2D eigenvalue weighted by Crippen LogP contribution is -2.46. The number of hydrogen-bond donors (Lipinski definition) is 0. The van der Waals surface area contributed by atoms with Crippen molar-refractivity contribution in [3.05, 3.63) is 77.9 Å². The van der Waals surface area contributed by atoms with Gasteiger partial charge in [-0.25, -0.2) is 0 Å². The van der Waals surface area contributed by atoms with E-state index < -0.39 is 11.4 Å². The molecule has 2 rings (SSSR count). The monoisotopic (exact) mass is 407 g/mol. The predicted octanol–water partition coefficient (Wildman–Crippen LogP) is 5.34. The van der Waals surface area contributed by atoms with Crippen LogP contribution in [0.4, 0.5) is 0 Å². The fourth-order valence-corrected chi connectivity index (χ4v) is 3.26. The second kappa shape index (κ2) is 11.3. The molecule has 2 aromatic rings. The normalized spacial score (nSPS) is 10.9. The predicted molar refractivity (Wildman–Crippen MR) is 122 cm³/mol. The number of esters is 1. The van der Waals surface area contributed by atoms with Crippen LogP contribution >= 0.6 is 0 Å². The van der Waals surface area contributed by atoms with Gasteiger partial charge in [-0.2, -0.15) is 0 Å². The molecule has 0 radical (unpaired) electrons. The molecule has 4 heteroatoms. The van der Waals surface area contributed by atoms with E-state index >= 15 is 0 Å². The third kappa shape index (κ3) is 6.06. The van der Waals surface area contributed by atoms with Gasteiger partial charge in [0.05, 0.1) is 6.61 Å². The third-order valence-electron chi connectivity index (χ3n) is 5.07. The van der Waals surface area contributed by atoms with Crippen LogP contribution in [0, 0.1) is 5.41 Å². The standard InChI is InChI=1S/C26H33NO3/c1-5-7-19-27(24(28)26(3,4)25(29)30-6-2)20-18-23(21-14-10-8-11-15-21)22-16-12-9-13-17-22/h8-18H,5-7,19-20H2,1-4H3. The van der Waals surface area contributed by atoms with Crippen molar-refractivity contribution < 1.29 is 14.3 Å². The van der Waals surface area contributed by atoms with Crippen LogP contribution in [0.25, 0.3) is 5.57 Å².